The van der Waals surface area contributed by atoms with Crippen LogP contribution in [-0.2, 0) is 4.74 Å². The van der Waals surface area contributed by atoms with Gasteiger partial charge < -0.3 is 9.47 Å². The molecule has 34 heavy (non-hydrogen) atoms. The van der Waals surface area contributed by atoms with Gasteiger partial charge in [0.2, 0.25) is 5.88 Å². The molecule has 2 atom stereocenters. The van der Waals surface area contributed by atoms with Gasteiger partial charge in [0.15, 0.2) is 0 Å². The molecule has 2 aliphatic carbocycles. The van der Waals surface area contributed by atoms with Crippen molar-refractivity contribution in [3.8, 4) is 17.7 Å². The van der Waals surface area contributed by atoms with Gasteiger partial charge in [-0.1, -0.05) is 84.7 Å². The number of nitrogens with zero attached hydrogens (tertiary/aromatic N) is 2. The molecule has 0 N–H and O–H groups in total. The maximum atomic E-state index is 12.7. The van der Waals surface area contributed by atoms with Gasteiger partial charge in [0.1, 0.15) is 5.69 Å². The van der Waals surface area contributed by atoms with Gasteiger partial charge in [0.25, 0.3) is 0 Å². The van der Waals surface area contributed by atoms with Gasteiger partial charge in [-0.2, -0.15) is 0 Å². The zero-order valence-electron chi connectivity index (χ0n) is 19.3. The third-order valence-corrected chi connectivity index (χ3v) is 9.70. The Kier molecular flexibility index (Phi) is 7.62. The van der Waals surface area contributed by atoms with E-state index in [1.807, 2.05) is 36.4 Å². The molecule has 0 radical (unpaired) electrons. The fourth-order valence-electron chi connectivity index (χ4n) is 4.14. The summed E-state index contributed by atoms with van der Waals surface area (Å²) >= 11 is 0. The first kappa shape index (κ1) is 23.5. The monoisotopic (exact) mass is 470 g/mol. The number of rotatable bonds is 6. The Bertz CT molecular complexity index is 1290. The van der Waals surface area contributed by atoms with E-state index in [2.05, 4.69) is 53.3 Å². The van der Waals surface area contributed by atoms with Gasteiger partial charge in [-0.15, -0.1) is 0 Å². The molecule has 2 unspecified atom stereocenters. The quantitative estimate of drug-likeness (QED) is 0.288. The SMILES string of the molecule is COC(=O)c1ccnc(OC)c1N=P(C1=CC=CCC1)(c1ccccc1)C1C#CC/C=C\C=C/1. The van der Waals surface area contributed by atoms with E-state index in [4.69, 9.17) is 14.2 Å². The van der Waals surface area contributed by atoms with E-state index in [1.165, 1.54) is 25.7 Å². The highest BCUT2D eigenvalue weighted by atomic mass is 31.2. The van der Waals surface area contributed by atoms with Gasteiger partial charge in [-0.25, -0.2) is 9.78 Å². The zero-order chi connectivity index (χ0) is 23.8. The minimum atomic E-state index is -2.57. The molecular formula is C28H27N2O3P. The van der Waals surface area contributed by atoms with E-state index in [-0.39, 0.29) is 11.5 Å². The molecule has 6 heteroatoms. The van der Waals surface area contributed by atoms with Crippen LogP contribution < -0.4 is 10.0 Å². The van der Waals surface area contributed by atoms with Crippen LogP contribution in [0.5, 0.6) is 5.88 Å². The molecule has 0 saturated heterocycles. The van der Waals surface area contributed by atoms with E-state index in [0.717, 1.165) is 18.1 Å². The molecule has 0 aliphatic heterocycles. The first-order valence-corrected chi connectivity index (χ1v) is 13.0. The summed E-state index contributed by atoms with van der Waals surface area (Å²) in [6.45, 7) is 0. The molecule has 172 valence electrons. The smallest absolute Gasteiger partial charge is 0.340 e. The molecule has 5 nitrogen and oxygen atoms in total. The average molecular weight is 471 g/mol. The van der Waals surface area contributed by atoms with Crippen LogP contribution in [0.3, 0.4) is 0 Å². The summed E-state index contributed by atoms with van der Waals surface area (Å²) in [4.78, 5) is 17.1. The van der Waals surface area contributed by atoms with Crippen LogP contribution in [0.15, 0.2) is 95.2 Å². The number of aromatic nitrogens is 1. The second-order valence-corrected chi connectivity index (χ2v) is 11.0. The number of esters is 1. The number of pyridine rings is 1. The maximum absolute atomic E-state index is 12.7. The van der Waals surface area contributed by atoms with Crippen molar-refractivity contribution in [3.63, 3.8) is 0 Å². The summed E-state index contributed by atoms with van der Waals surface area (Å²) in [6.07, 6.45) is 18.7. The van der Waals surface area contributed by atoms with Gasteiger partial charge in [0, 0.05) is 19.7 Å². The lowest BCUT2D eigenvalue weighted by atomic mass is 10.2. The fourth-order valence-corrected chi connectivity index (χ4v) is 8.06. The first-order chi connectivity index (χ1) is 16.7. The molecule has 0 fully saturated rings. The minimum absolute atomic E-state index is 0.173. The number of hydrogen-bond donors (Lipinski definition) is 0. The van der Waals surface area contributed by atoms with Crippen molar-refractivity contribution in [2.45, 2.75) is 24.9 Å². The molecule has 1 heterocycles. The third kappa shape index (κ3) is 4.69. The highest BCUT2D eigenvalue weighted by molar-refractivity contribution is 7.79. The number of methoxy groups -OCH3 is 2. The number of ether oxygens (including phenoxy) is 2. The second kappa shape index (κ2) is 11.0. The Morgan fingerprint density at radius 3 is 2.71 bits per heavy atom. The molecule has 0 amide bonds. The molecular weight excluding hydrogens is 443 g/mol. The van der Waals surface area contributed by atoms with Crippen LogP contribution >= 0.6 is 7.05 Å². The van der Waals surface area contributed by atoms with Crippen molar-refractivity contribution in [2.75, 3.05) is 14.2 Å². The van der Waals surface area contributed by atoms with Gasteiger partial charge in [-0.05, 0) is 29.5 Å². The maximum Gasteiger partial charge on any atom is 0.340 e. The van der Waals surface area contributed by atoms with Crippen molar-refractivity contribution >= 4 is 24.0 Å². The summed E-state index contributed by atoms with van der Waals surface area (Å²) in [5.41, 5.74) is 0.551. The Labute approximate surface area is 201 Å². The number of hydrogen-bond acceptors (Lipinski definition) is 5. The second-order valence-electron chi connectivity index (χ2n) is 7.74. The Morgan fingerprint density at radius 2 is 1.97 bits per heavy atom. The Hall–Kier alpha value is -3.61. The molecule has 4 rings (SSSR count). The van der Waals surface area contributed by atoms with Gasteiger partial charge in [0.05, 0.1) is 25.4 Å². The molecule has 1 aromatic carbocycles. The molecule has 0 spiro atoms. The van der Waals surface area contributed by atoms with Crippen LogP contribution in [0.1, 0.15) is 29.6 Å². The number of allylic oxidation sites excluding steroid dienone is 8. The number of carbonyl (C=O) groups is 1. The van der Waals surface area contributed by atoms with Crippen molar-refractivity contribution in [3.05, 3.63) is 96.0 Å². The highest BCUT2D eigenvalue weighted by Gasteiger charge is 2.35. The van der Waals surface area contributed by atoms with Gasteiger partial charge in [-0.3, -0.25) is 4.74 Å². The molecule has 2 aliphatic rings. The van der Waals surface area contributed by atoms with Gasteiger partial charge >= 0.3 is 5.97 Å². The molecule has 0 saturated carbocycles. The van der Waals surface area contributed by atoms with Crippen LogP contribution in [0.4, 0.5) is 5.69 Å². The van der Waals surface area contributed by atoms with Crippen LogP contribution in [0.2, 0.25) is 0 Å². The average Bonchev–Trinajstić information content (AvgIpc) is 2.88. The molecule has 0 bridgehead atoms. The largest absolute Gasteiger partial charge is 0.479 e. The predicted octanol–water partition coefficient (Wildman–Crippen LogP) is 6.16. The summed E-state index contributed by atoms with van der Waals surface area (Å²) in [7, 11) is 0.326. The predicted molar refractivity (Wildman–Crippen MR) is 138 cm³/mol. The standard InChI is InChI=1S/C28H27N2O3P/c1-32-27-26(25(20-21-29-27)28(31)33-2)30-34(23-16-10-6-11-17-23,24-18-12-7-13-19-24)22-14-8-4-3-5-9-15-22/h3-4,6-8,10-12,14,16-18,20-22H,5,13,19H2,1-2H3/b4-3-,14-8-. The number of benzene rings is 1. The zero-order valence-corrected chi connectivity index (χ0v) is 20.2. The summed E-state index contributed by atoms with van der Waals surface area (Å²) in [6, 6.07) is 11.9. The first-order valence-electron chi connectivity index (χ1n) is 11.2. The van der Waals surface area contributed by atoms with E-state index < -0.39 is 13.0 Å². The van der Waals surface area contributed by atoms with Crippen molar-refractivity contribution in [1.29, 1.82) is 0 Å². The minimum Gasteiger partial charge on any atom is -0.479 e. The van der Waals surface area contributed by atoms with E-state index in [9.17, 15) is 4.79 Å². The summed E-state index contributed by atoms with van der Waals surface area (Å²) in [5, 5.41) is 2.31. The lowest BCUT2D eigenvalue weighted by molar-refractivity contribution is 0.0601. The summed E-state index contributed by atoms with van der Waals surface area (Å²) in [5.74, 6) is 6.62. The highest BCUT2D eigenvalue weighted by Crippen LogP contribution is 2.65. The van der Waals surface area contributed by atoms with E-state index >= 15 is 0 Å². The lowest BCUT2D eigenvalue weighted by Crippen LogP contribution is -2.18. The Morgan fingerprint density at radius 1 is 1.12 bits per heavy atom. The lowest BCUT2D eigenvalue weighted by Gasteiger charge is -2.33. The van der Waals surface area contributed by atoms with Crippen molar-refractivity contribution in [2.24, 2.45) is 4.74 Å². The topological polar surface area (TPSA) is 60.8 Å². The van der Waals surface area contributed by atoms with Crippen molar-refractivity contribution < 1.29 is 14.3 Å². The fraction of sp³-hybridized carbons (Fsp3) is 0.214. The van der Waals surface area contributed by atoms with E-state index in [0.29, 0.717) is 17.7 Å². The normalized spacial score (nSPS) is 20.3. The number of carbonyl (C=O) groups excluding carboxylic acids is 1. The molecule has 2 aromatic rings. The van der Waals surface area contributed by atoms with Crippen LogP contribution in [-0.4, -0.2) is 30.8 Å². The van der Waals surface area contributed by atoms with Crippen LogP contribution in [0, 0.1) is 11.8 Å². The Balaban J connectivity index is 2.15. The van der Waals surface area contributed by atoms with E-state index in [1.54, 1.807) is 6.07 Å². The van der Waals surface area contributed by atoms with Crippen LogP contribution in [0.25, 0.3) is 0 Å². The summed E-state index contributed by atoms with van der Waals surface area (Å²) < 4.78 is 16.1. The third-order valence-electron chi connectivity index (χ3n) is 5.74. The molecule has 1 aromatic heterocycles. The van der Waals surface area contributed by atoms with Crippen molar-refractivity contribution in [1.82, 2.24) is 4.98 Å².